The zero-order chi connectivity index (χ0) is 12.6. The molecule has 0 unspecified atom stereocenters. The molecule has 0 aromatic carbocycles. The molecule has 0 aromatic heterocycles. The first-order valence-corrected chi connectivity index (χ1v) is 6.69. The van der Waals surface area contributed by atoms with E-state index in [1.54, 1.807) is 0 Å². The van der Waals surface area contributed by atoms with Crippen molar-refractivity contribution in [2.75, 3.05) is 0 Å². The molecule has 0 amide bonds. The zero-order valence-electron chi connectivity index (χ0n) is 11.8. The Morgan fingerprint density at radius 2 is 1.75 bits per heavy atom. The standard InChI is InChI=1S/C15H29N/c1-6-8-10-14(13(5)9-7-2)15(11-16)12(3)4/h11-12H,6-10,16H2,1-5H3/b14-13+,15-11+. The van der Waals surface area contributed by atoms with Crippen LogP contribution < -0.4 is 5.73 Å². The van der Waals surface area contributed by atoms with Gasteiger partial charge in [-0.2, -0.15) is 0 Å². The molecule has 1 nitrogen and oxygen atoms in total. The summed E-state index contributed by atoms with van der Waals surface area (Å²) in [4.78, 5) is 0. The first kappa shape index (κ1) is 15.3. The van der Waals surface area contributed by atoms with E-state index in [0.29, 0.717) is 5.92 Å². The molecule has 0 atom stereocenters. The van der Waals surface area contributed by atoms with Crippen LogP contribution in [0.1, 0.15) is 66.7 Å². The fraction of sp³-hybridized carbons (Fsp3) is 0.733. The van der Waals surface area contributed by atoms with Crippen LogP contribution in [-0.4, -0.2) is 0 Å². The number of nitrogens with two attached hydrogens (primary N) is 1. The van der Waals surface area contributed by atoms with Crippen molar-refractivity contribution >= 4 is 0 Å². The van der Waals surface area contributed by atoms with Crippen LogP contribution in [0.2, 0.25) is 0 Å². The van der Waals surface area contributed by atoms with Crippen molar-refractivity contribution in [3.8, 4) is 0 Å². The average molecular weight is 223 g/mol. The fourth-order valence-electron chi connectivity index (χ4n) is 2.13. The molecule has 0 rings (SSSR count). The first-order valence-electron chi connectivity index (χ1n) is 6.69. The van der Waals surface area contributed by atoms with E-state index in [2.05, 4.69) is 34.6 Å². The lowest BCUT2D eigenvalue weighted by Gasteiger charge is -2.18. The van der Waals surface area contributed by atoms with Crippen LogP contribution in [0.25, 0.3) is 0 Å². The van der Waals surface area contributed by atoms with Gasteiger partial charge in [0, 0.05) is 0 Å². The van der Waals surface area contributed by atoms with Crippen molar-refractivity contribution in [3.05, 3.63) is 22.9 Å². The second kappa shape index (κ2) is 8.43. The molecule has 0 fully saturated rings. The molecule has 0 spiro atoms. The Hall–Kier alpha value is -0.720. The maximum Gasteiger partial charge on any atom is -0.00243 e. The van der Waals surface area contributed by atoms with Crippen molar-refractivity contribution in [2.24, 2.45) is 11.7 Å². The van der Waals surface area contributed by atoms with E-state index in [-0.39, 0.29) is 0 Å². The van der Waals surface area contributed by atoms with Gasteiger partial charge < -0.3 is 5.73 Å². The molecule has 0 aromatic rings. The molecule has 0 aliphatic rings. The second-order valence-corrected chi connectivity index (χ2v) is 4.89. The molecule has 0 bridgehead atoms. The van der Waals surface area contributed by atoms with E-state index >= 15 is 0 Å². The number of unbranched alkanes of at least 4 members (excludes halogenated alkanes) is 1. The molecule has 0 radical (unpaired) electrons. The Morgan fingerprint density at radius 1 is 1.12 bits per heavy atom. The number of rotatable bonds is 7. The van der Waals surface area contributed by atoms with E-state index < -0.39 is 0 Å². The molecule has 0 saturated heterocycles. The van der Waals surface area contributed by atoms with Gasteiger partial charge in [-0.3, -0.25) is 0 Å². The van der Waals surface area contributed by atoms with E-state index in [9.17, 15) is 0 Å². The Balaban J connectivity index is 4.98. The quantitative estimate of drug-likeness (QED) is 0.617. The number of hydrogen-bond acceptors (Lipinski definition) is 1. The first-order chi connectivity index (χ1) is 7.58. The van der Waals surface area contributed by atoms with E-state index in [1.807, 2.05) is 6.20 Å². The summed E-state index contributed by atoms with van der Waals surface area (Å²) in [5.41, 5.74) is 10.2. The Kier molecular flexibility index (Phi) is 8.05. The van der Waals surface area contributed by atoms with Crippen molar-refractivity contribution in [2.45, 2.75) is 66.7 Å². The minimum absolute atomic E-state index is 0.531. The highest BCUT2D eigenvalue weighted by Crippen LogP contribution is 2.28. The predicted molar refractivity (Wildman–Crippen MR) is 74.2 cm³/mol. The second-order valence-electron chi connectivity index (χ2n) is 4.89. The van der Waals surface area contributed by atoms with Gasteiger partial charge in [-0.15, -0.1) is 0 Å². The predicted octanol–water partition coefficient (Wildman–Crippen LogP) is 4.79. The van der Waals surface area contributed by atoms with E-state index in [0.717, 1.165) is 0 Å². The average Bonchev–Trinajstić information content (AvgIpc) is 2.23. The molecule has 0 saturated carbocycles. The summed E-state index contributed by atoms with van der Waals surface area (Å²) >= 11 is 0. The summed E-state index contributed by atoms with van der Waals surface area (Å²) in [6.45, 7) is 11.2. The molecule has 2 N–H and O–H groups in total. The summed E-state index contributed by atoms with van der Waals surface area (Å²) < 4.78 is 0. The highest BCUT2D eigenvalue weighted by Gasteiger charge is 2.11. The third kappa shape index (κ3) is 4.87. The lowest BCUT2D eigenvalue weighted by molar-refractivity contribution is 0.713. The van der Waals surface area contributed by atoms with Gasteiger partial charge in [0.25, 0.3) is 0 Å². The van der Waals surface area contributed by atoms with Gasteiger partial charge in [0.2, 0.25) is 0 Å². The summed E-state index contributed by atoms with van der Waals surface area (Å²) in [5.74, 6) is 0.531. The van der Waals surface area contributed by atoms with Crippen LogP contribution in [-0.2, 0) is 0 Å². The Labute approximate surface area is 102 Å². The fourth-order valence-corrected chi connectivity index (χ4v) is 2.13. The van der Waals surface area contributed by atoms with Gasteiger partial charge in [0.05, 0.1) is 0 Å². The largest absolute Gasteiger partial charge is 0.404 e. The minimum Gasteiger partial charge on any atom is -0.404 e. The number of allylic oxidation sites excluding steroid dienone is 3. The third-order valence-electron chi connectivity index (χ3n) is 3.07. The highest BCUT2D eigenvalue weighted by atomic mass is 14.5. The Morgan fingerprint density at radius 3 is 2.12 bits per heavy atom. The van der Waals surface area contributed by atoms with Crippen LogP contribution in [0, 0.1) is 5.92 Å². The molecular formula is C15H29N. The summed E-state index contributed by atoms with van der Waals surface area (Å²) in [6, 6.07) is 0. The molecule has 0 heterocycles. The van der Waals surface area contributed by atoms with Crippen LogP contribution in [0.15, 0.2) is 22.9 Å². The maximum absolute atomic E-state index is 5.78. The van der Waals surface area contributed by atoms with Crippen molar-refractivity contribution in [1.29, 1.82) is 0 Å². The van der Waals surface area contributed by atoms with Gasteiger partial charge in [-0.25, -0.2) is 0 Å². The lowest BCUT2D eigenvalue weighted by Crippen LogP contribution is -2.04. The van der Waals surface area contributed by atoms with Crippen molar-refractivity contribution in [3.63, 3.8) is 0 Å². The van der Waals surface area contributed by atoms with Crippen molar-refractivity contribution in [1.82, 2.24) is 0 Å². The van der Waals surface area contributed by atoms with Crippen LogP contribution in [0.4, 0.5) is 0 Å². The smallest absolute Gasteiger partial charge is 0.00243 e. The monoisotopic (exact) mass is 223 g/mol. The topological polar surface area (TPSA) is 26.0 Å². The molecule has 94 valence electrons. The van der Waals surface area contributed by atoms with Crippen LogP contribution >= 0.6 is 0 Å². The van der Waals surface area contributed by atoms with Gasteiger partial charge in [-0.1, -0.05) is 46.1 Å². The Bertz CT molecular complexity index is 246. The van der Waals surface area contributed by atoms with Crippen molar-refractivity contribution < 1.29 is 0 Å². The minimum atomic E-state index is 0.531. The molecule has 1 heteroatoms. The molecular weight excluding hydrogens is 194 g/mol. The molecule has 0 aliphatic heterocycles. The third-order valence-corrected chi connectivity index (χ3v) is 3.07. The van der Waals surface area contributed by atoms with Gasteiger partial charge >= 0.3 is 0 Å². The summed E-state index contributed by atoms with van der Waals surface area (Å²) in [5, 5.41) is 0. The van der Waals surface area contributed by atoms with Gasteiger partial charge in [0.1, 0.15) is 0 Å². The number of hydrogen-bond donors (Lipinski definition) is 1. The van der Waals surface area contributed by atoms with Crippen LogP contribution in [0.3, 0.4) is 0 Å². The van der Waals surface area contributed by atoms with E-state index in [4.69, 9.17) is 5.73 Å². The maximum atomic E-state index is 5.78. The lowest BCUT2D eigenvalue weighted by atomic mass is 9.88. The van der Waals surface area contributed by atoms with Gasteiger partial charge in [0.15, 0.2) is 0 Å². The highest BCUT2D eigenvalue weighted by molar-refractivity contribution is 5.35. The van der Waals surface area contributed by atoms with Gasteiger partial charge in [-0.05, 0) is 49.5 Å². The normalized spacial score (nSPS) is 14.2. The molecule has 16 heavy (non-hydrogen) atoms. The molecule has 0 aliphatic carbocycles. The zero-order valence-corrected chi connectivity index (χ0v) is 11.8. The van der Waals surface area contributed by atoms with Crippen LogP contribution in [0.5, 0.6) is 0 Å². The summed E-state index contributed by atoms with van der Waals surface area (Å²) in [7, 11) is 0. The van der Waals surface area contributed by atoms with E-state index in [1.165, 1.54) is 48.8 Å². The SMILES string of the molecule is CCCCC(/C(=C/N)C(C)C)=C(/C)CCC. The summed E-state index contributed by atoms with van der Waals surface area (Å²) in [6.07, 6.45) is 7.93.